The van der Waals surface area contributed by atoms with E-state index in [2.05, 4.69) is 49.1 Å². The summed E-state index contributed by atoms with van der Waals surface area (Å²) in [5, 5.41) is 2.90. The summed E-state index contributed by atoms with van der Waals surface area (Å²) >= 11 is 6.76. The maximum Gasteiger partial charge on any atom is 0.251 e. The van der Waals surface area contributed by atoms with Crippen molar-refractivity contribution >= 4 is 37.8 Å². The van der Waals surface area contributed by atoms with Gasteiger partial charge in [0.2, 0.25) is 0 Å². The van der Waals surface area contributed by atoms with Crippen LogP contribution in [-0.4, -0.2) is 10.9 Å². The Morgan fingerprint density at radius 1 is 1.25 bits per heavy atom. The van der Waals surface area contributed by atoms with E-state index in [9.17, 15) is 4.79 Å². The molecule has 20 heavy (non-hydrogen) atoms. The largest absolute Gasteiger partial charge is 0.346 e. The molecule has 0 atom stereocenters. The van der Waals surface area contributed by atoms with Crippen LogP contribution in [0.5, 0.6) is 0 Å². The monoisotopic (exact) mass is 396 g/mol. The van der Waals surface area contributed by atoms with Gasteiger partial charge in [-0.1, -0.05) is 44.8 Å². The Balaban J connectivity index is 2.08. The molecule has 5 heteroatoms. The second-order valence-corrected chi connectivity index (χ2v) is 6.13. The topological polar surface area (TPSA) is 42.0 Å². The molecule has 0 spiro atoms. The van der Waals surface area contributed by atoms with E-state index in [4.69, 9.17) is 0 Å². The second-order valence-electron chi connectivity index (χ2n) is 4.30. The van der Waals surface area contributed by atoms with Crippen LogP contribution in [0.3, 0.4) is 0 Å². The van der Waals surface area contributed by atoms with Gasteiger partial charge >= 0.3 is 0 Å². The lowest BCUT2D eigenvalue weighted by Crippen LogP contribution is -2.24. The molecule has 0 saturated carbocycles. The molecule has 2 rings (SSSR count). The van der Waals surface area contributed by atoms with Gasteiger partial charge in [0.05, 0.1) is 12.2 Å². The predicted octanol–water partition coefficient (Wildman–Crippen LogP) is 4.10. The third-order valence-electron chi connectivity index (χ3n) is 2.91. The average molecular weight is 398 g/mol. The Labute approximate surface area is 135 Å². The molecular weight excluding hydrogens is 384 g/mol. The van der Waals surface area contributed by atoms with Crippen molar-refractivity contribution in [1.82, 2.24) is 10.3 Å². The normalized spacial score (nSPS) is 10.3. The van der Waals surface area contributed by atoms with Crippen LogP contribution in [0.25, 0.3) is 0 Å². The Morgan fingerprint density at radius 2 is 1.95 bits per heavy atom. The number of carbonyl (C=O) groups is 1. The maximum absolute atomic E-state index is 12.1. The van der Waals surface area contributed by atoms with Crippen molar-refractivity contribution in [3.63, 3.8) is 0 Å². The SMILES string of the molecule is CCc1cccnc1CNC(=O)c1cc(Br)cc(Br)c1. The van der Waals surface area contributed by atoms with Crippen molar-refractivity contribution in [1.29, 1.82) is 0 Å². The first-order chi connectivity index (χ1) is 9.60. The number of amides is 1. The standard InChI is InChI=1S/C15H14Br2N2O/c1-2-10-4-3-5-18-14(10)9-19-15(20)11-6-12(16)8-13(17)7-11/h3-8H,2,9H2,1H3,(H,19,20). The highest BCUT2D eigenvalue weighted by Crippen LogP contribution is 2.20. The van der Waals surface area contributed by atoms with Gasteiger partial charge in [0.15, 0.2) is 0 Å². The first-order valence-electron chi connectivity index (χ1n) is 6.27. The van der Waals surface area contributed by atoms with Gasteiger partial charge in [-0.05, 0) is 36.2 Å². The van der Waals surface area contributed by atoms with Crippen LogP contribution in [-0.2, 0) is 13.0 Å². The number of nitrogens with zero attached hydrogens (tertiary/aromatic N) is 1. The molecule has 0 fully saturated rings. The molecule has 0 radical (unpaired) electrons. The first kappa shape index (κ1) is 15.2. The first-order valence-corrected chi connectivity index (χ1v) is 7.86. The zero-order chi connectivity index (χ0) is 14.5. The lowest BCUT2D eigenvalue weighted by Gasteiger charge is -2.09. The molecule has 1 aromatic heterocycles. The van der Waals surface area contributed by atoms with E-state index in [1.165, 1.54) is 0 Å². The number of rotatable bonds is 4. The smallest absolute Gasteiger partial charge is 0.251 e. The number of pyridine rings is 1. The zero-order valence-electron chi connectivity index (χ0n) is 11.0. The van der Waals surface area contributed by atoms with Gasteiger partial charge in [-0.15, -0.1) is 0 Å². The zero-order valence-corrected chi connectivity index (χ0v) is 14.2. The molecule has 1 N–H and O–H groups in total. The van der Waals surface area contributed by atoms with Gasteiger partial charge < -0.3 is 5.32 Å². The molecule has 0 aliphatic rings. The molecule has 104 valence electrons. The van der Waals surface area contributed by atoms with Gasteiger partial charge in [-0.3, -0.25) is 9.78 Å². The van der Waals surface area contributed by atoms with Crippen molar-refractivity contribution in [2.24, 2.45) is 0 Å². The Hall–Kier alpha value is -1.20. The molecule has 0 aliphatic carbocycles. The fourth-order valence-corrected chi connectivity index (χ4v) is 3.20. The lowest BCUT2D eigenvalue weighted by atomic mass is 10.1. The van der Waals surface area contributed by atoms with Gasteiger partial charge in [0, 0.05) is 20.7 Å². The van der Waals surface area contributed by atoms with Gasteiger partial charge in [-0.2, -0.15) is 0 Å². The number of hydrogen-bond acceptors (Lipinski definition) is 2. The van der Waals surface area contributed by atoms with Crippen LogP contribution in [0.15, 0.2) is 45.5 Å². The predicted molar refractivity (Wildman–Crippen MR) is 86.6 cm³/mol. The number of aryl methyl sites for hydroxylation is 1. The highest BCUT2D eigenvalue weighted by atomic mass is 79.9. The average Bonchev–Trinajstić information content (AvgIpc) is 2.44. The van der Waals surface area contributed by atoms with E-state index < -0.39 is 0 Å². The van der Waals surface area contributed by atoms with Crippen molar-refractivity contribution in [2.75, 3.05) is 0 Å². The maximum atomic E-state index is 12.1. The minimum atomic E-state index is -0.111. The highest BCUT2D eigenvalue weighted by Gasteiger charge is 2.09. The van der Waals surface area contributed by atoms with Crippen molar-refractivity contribution in [2.45, 2.75) is 19.9 Å². The van der Waals surface area contributed by atoms with Gasteiger partial charge in [0.1, 0.15) is 0 Å². The van der Waals surface area contributed by atoms with Crippen molar-refractivity contribution in [3.8, 4) is 0 Å². The minimum absolute atomic E-state index is 0.111. The van der Waals surface area contributed by atoms with Crippen LogP contribution >= 0.6 is 31.9 Å². The summed E-state index contributed by atoms with van der Waals surface area (Å²) in [6.45, 7) is 2.51. The molecule has 0 saturated heterocycles. The number of carbonyl (C=O) groups excluding carboxylic acids is 1. The molecule has 1 aromatic carbocycles. The van der Waals surface area contributed by atoms with Crippen LogP contribution in [0.4, 0.5) is 0 Å². The van der Waals surface area contributed by atoms with E-state index in [1.807, 2.05) is 18.2 Å². The second kappa shape index (κ2) is 6.99. The molecule has 1 amide bonds. The van der Waals surface area contributed by atoms with Crippen molar-refractivity contribution in [3.05, 3.63) is 62.3 Å². The van der Waals surface area contributed by atoms with E-state index in [0.717, 1.165) is 26.6 Å². The molecule has 0 bridgehead atoms. The summed E-state index contributed by atoms with van der Waals surface area (Å²) in [4.78, 5) is 16.5. The van der Waals surface area contributed by atoms with E-state index in [1.54, 1.807) is 18.3 Å². The van der Waals surface area contributed by atoms with E-state index in [0.29, 0.717) is 12.1 Å². The minimum Gasteiger partial charge on any atom is -0.346 e. The van der Waals surface area contributed by atoms with Gasteiger partial charge in [-0.25, -0.2) is 0 Å². The summed E-state index contributed by atoms with van der Waals surface area (Å²) in [6, 6.07) is 9.42. The molecule has 0 aliphatic heterocycles. The van der Waals surface area contributed by atoms with Crippen molar-refractivity contribution < 1.29 is 4.79 Å². The summed E-state index contributed by atoms with van der Waals surface area (Å²) in [5.41, 5.74) is 2.68. The molecular formula is C15H14Br2N2O. The third-order valence-corrected chi connectivity index (χ3v) is 3.82. The van der Waals surface area contributed by atoms with Crippen LogP contribution in [0.2, 0.25) is 0 Å². The van der Waals surface area contributed by atoms with Crippen LogP contribution in [0.1, 0.15) is 28.5 Å². The highest BCUT2D eigenvalue weighted by molar-refractivity contribution is 9.11. The molecule has 0 unspecified atom stereocenters. The molecule has 1 heterocycles. The Morgan fingerprint density at radius 3 is 2.60 bits per heavy atom. The van der Waals surface area contributed by atoms with E-state index >= 15 is 0 Å². The number of aromatic nitrogens is 1. The Bertz CT molecular complexity index is 609. The number of benzene rings is 1. The summed E-state index contributed by atoms with van der Waals surface area (Å²) < 4.78 is 1.73. The lowest BCUT2D eigenvalue weighted by molar-refractivity contribution is 0.0950. The number of hydrogen-bond donors (Lipinski definition) is 1. The fraction of sp³-hybridized carbons (Fsp3) is 0.200. The summed E-state index contributed by atoms with van der Waals surface area (Å²) in [7, 11) is 0. The van der Waals surface area contributed by atoms with Gasteiger partial charge in [0.25, 0.3) is 5.91 Å². The summed E-state index contributed by atoms with van der Waals surface area (Å²) in [6.07, 6.45) is 2.65. The quantitative estimate of drug-likeness (QED) is 0.843. The van der Waals surface area contributed by atoms with Crippen LogP contribution < -0.4 is 5.32 Å². The van der Waals surface area contributed by atoms with Crippen LogP contribution in [0, 0.1) is 0 Å². The molecule has 3 nitrogen and oxygen atoms in total. The number of nitrogens with one attached hydrogen (secondary N) is 1. The summed E-state index contributed by atoms with van der Waals surface area (Å²) in [5.74, 6) is -0.111. The number of halogens is 2. The third kappa shape index (κ3) is 3.90. The fourth-order valence-electron chi connectivity index (χ4n) is 1.90. The Kier molecular flexibility index (Phi) is 5.31. The molecule has 2 aromatic rings. The van der Waals surface area contributed by atoms with E-state index in [-0.39, 0.29) is 5.91 Å².